The third-order valence-electron chi connectivity index (χ3n) is 5.46. The van der Waals surface area contributed by atoms with Crippen molar-refractivity contribution in [2.45, 2.75) is 25.2 Å². The molecular formula is C24H26N8O4S. The largest absolute Gasteiger partial charge is 0.492 e. The second-order valence-electron chi connectivity index (χ2n) is 7.91. The molecule has 0 spiro atoms. The number of carbonyl (C=O) groups excluding carboxylic acids is 1. The second kappa shape index (κ2) is 10.7. The monoisotopic (exact) mass is 522 g/mol. The number of nitrogens with zero attached hydrogens (tertiary/aromatic N) is 6. The molecule has 0 aliphatic rings. The highest BCUT2D eigenvalue weighted by molar-refractivity contribution is 7.91. The van der Waals surface area contributed by atoms with E-state index in [-0.39, 0.29) is 22.9 Å². The van der Waals surface area contributed by atoms with E-state index in [1.165, 1.54) is 25.6 Å². The standard InChI is InChI=1S/C24H26N8O4S/c1-5-19(33)17-13-27-21(30-20-8-7-15(12-26-20)37(34,35)6-2)11-18(17)29-24-22(36-4)16(9-10-25-24)23-28-14-32(3)31-23/h7-14H,5-6H2,1-4H3,(H2,25,26,27,29,30). The number of sulfone groups is 1. The summed E-state index contributed by atoms with van der Waals surface area (Å²) >= 11 is 0. The smallest absolute Gasteiger partial charge is 0.185 e. The highest BCUT2D eigenvalue weighted by Gasteiger charge is 2.19. The predicted molar refractivity (Wildman–Crippen MR) is 138 cm³/mol. The molecule has 12 nitrogen and oxygen atoms in total. The molecule has 4 aromatic rings. The summed E-state index contributed by atoms with van der Waals surface area (Å²) in [6.07, 6.45) is 6.21. The predicted octanol–water partition coefficient (Wildman–Crippen LogP) is 3.55. The Balaban J connectivity index is 1.69. The highest BCUT2D eigenvalue weighted by Crippen LogP contribution is 2.36. The number of ether oxygens (including phenoxy) is 1. The van der Waals surface area contributed by atoms with Crippen molar-refractivity contribution >= 4 is 38.8 Å². The van der Waals surface area contributed by atoms with Crippen molar-refractivity contribution < 1.29 is 17.9 Å². The van der Waals surface area contributed by atoms with Crippen LogP contribution in [0.4, 0.5) is 23.1 Å². The van der Waals surface area contributed by atoms with E-state index in [0.29, 0.717) is 45.8 Å². The molecule has 4 aromatic heterocycles. The van der Waals surface area contributed by atoms with Gasteiger partial charge in [0.25, 0.3) is 0 Å². The van der Waals surface area contributed by atoms with Gasteiger partial charge in [-0.15, -0.1) is 0 Å². The molecule has 0 aromatic carbocycles. The zero-order chi connectivity index (χ0) is 26.6. The Labute approximate surface area is 214 Å². The first-order valence-electron chi connectivity index (χ1n) is 11.4. The van der Waals surface area contributed by atoms with Crippen LogP contribution in [-0.2, 0) is 16.9 Å². The lowest BCUT2D eigenvalue weighted by atomic mass is 10.1. The first kappa shape index (κ1) is 25.7. The molecule has 0 atom stereocenters. The van der Waals surface area contributed by atoms with Crippen molar-refractivity contribution in [3.05, 3.63) is 54.7 Å². The number of rotatable bonds is 10. The maximum atomic E-state index is 12.7. The quantitative estimate of drug-likeness (QED) is 0.294. The van der Waals surface area contributed by atoms with E-state index < -0.39 is 9.84 Å². The van der Waals surface area contributed by atoms with Crippen LogP contribution >= 0.6 is 0 Å². The molecule has 0 bridgehead atoms. The Bertz CT molecular complexity index is 1530. The van der Waals surface area contributed by atoms with Crippen LogP contribution in [0.1, 0.15) is 30.6 Å². The van der Waals surface area contributed by atoms with E-state index >= 15 is 0 Å². The summed E-state index contributed by atoms with van der Waals surface area (Å²) < 4.78 is 31.3. The average molecular weight is 523 g/mol. The van der Waals surface area contributed by atoms with Crippen molar-refractivity contribution in [1.82, 2.24) is 29.7 Å². The molecule has 4 heterocycles. The van der Waals surface area contributed by atoms with Gasteiger partial charge in [-0.1, -0.05) is 13.8 Å². The van der Waals surface area contributed by atoms with Crippen LogP contribution in [0, 0.1) is 0 Å². The van der Waals surface area contributed by atoms with E-state index in [0.717, 1.165) is 0 Å². The zero-order valence-electron chi connectivity index (χ0n) is 20.8. The summed E-state index contributed by atoms with van der Waals surface area (Å²) in [6, 6.07) is 6.42. The van der Waals surface area contributed by atoms with Gasteiger partial charge in [-0.3, -0.25) is 9.48 Å². The second-order valence-corrected chi connectivity index (χ2v) is 10.2. The summed E-state index contributed by atoms with van der Waals surface area (Å²) in [7, 11) is -0.0779. The number of ketones is 1. The molecule has 0 aliphatic heterocycles. The van der Waals surface area contributed by atoms with Gasteiger partial charge in [0.1, 0.15) is 18.0 Å². The fraction of sp³-hybridized carbons (Fsp3) is 0.250. The lowest BCUT2D eigenvalue weighted by Gasteiger charge is -2.16. The van der Waals surface area contributed by atoms with Crippen molar-refractivity contribution in [3.63, 3.8) is 0 Å². The molecule has 13 heteroatoms. The maximum Gasteiger partial charge on any atom is 0.185 e. The van der Waals surface area contributed by atoms with Gasteiger partial charge in [0.2, 0.25) is 0 Å². The van der Waals surface area contributed by atoms with E-state index in [1.807, 2.05) is 0 Å². The molecule has 0 radical (unpaired) electrons. The summed E-state index contributed by atoms with van der Waals surface area (Å²) in [5.74, 6) is 1.88. The van der Waals surface area contributed by atoms with Gasteiger partial charge in [0.05, 0.1) is 34.6 Å². The van der Waals surface area contributed by atoms with Gasteiger partial charge in [-0.25, -0.2) is 28.4 Å². The minimum absolute atomic E-state index is 0.0138. The van der Waals surface area contributed by atoms with Gasteiger partial charge < -0.3 is 15.4 Å². The Kier molecular flexibility index (Phi) is 7.43. The van der Waals surface area contributed by atoms with E-state index in [9.17, 15) is 13.2 Å². The van der Waals surface area contributed by atoms with Gasteiger partial charge in [-0.2, -0.15) is 5.10 Å². The normalized spacial score (nSPS) is 11.2. The minimum Gasteiger partial charge on any atom is -0.492 e. The summed E-state index contributed by atoms with van der Waals surface area (Å²) in [5, 5.41) is 10.6. The van der Waals surface area contributed by atoms with E-state index in [4.69, 9.17) is 4.74 Å². The Morgan fingerprint density at radius 2 is 1.81 bits per heavy atom. The fourth-order valence-corrected chi connectivity index (χ4v) is 4.31. The van der Waals surface area contributed by atoms with Crippen molar-refractivity contribution in [3.8, 4) is 17.1 Å². The lowest BCUT2D eigenvalue weighted by molar-refractivity contribution is 0.0988. The van der Waals surface area contributed by atoms with Gasteiger partial charge in [-0.05, 0) is 18.2 Å². The van der Waals surface area contributed by atoms with Crippen LogP contribution < -0.4 is 15.4 Å². The zero-order valence-corrected chi connectivity index (χ0v) is 21.6. The molecule has 0 aliphatic carbocycles. The molecule has 0 amide bonds. The first-order valence-corrected chi connectivity index (χ1v) is 13.1. The third kappa shape index (κ3) is 5.56. The van der Waals surface area contributed by atoms with Crippen molar-refractivity contribution in [2.75, 3.05) is 23.5 Å². The number of hydrogen-bond donors (Lipinski definition) is 2. The summed E-state index contributed by atoms with van der Waals surface area (Å²) in [6.45, 7) is 3.34. The van der Waals surface area contributed by atoms with Gasteiger partial charge >= 0.3 is 0 Å². The topological polar surface area (TPSA) is 154 Å². The number of hydrogen-bond acceptors (Lipinski definition) is 11. The Hall–Kier alpha value is -4.39. The molecule has 0 saturated carbocycles. The number of Topliss-reactive ketones (excluding diaryl/α,β-unsaturated/α-hetero) is 1. The molecular weight excluding hydrogens is 496 g/mol. The number of anilines is 4. The van der Waals surface area contributed by atoms with Crippen LogP contribution in [0.3, 0.4) is 0 Å². The maximum absolute atomic E-state index is 12.7. The molecule has 2 N–H and O–H groups in total. The number of carbonyl (C=O) groups is 1. The van der Waals surface area contributed by atoms with E-state index in [1.54, 1.807) is 56.3 Å². The number of aryl methyl sites for hydroxylation is 1. The molecule has 4 rings (SSSR count). The number of methoxy groups -OCH3 is 1. The van der Waals surface area contributed by atoms with Gasteiger partial charge in [0, 0.05) is 38.1 Å². The molecule has 192 valence electrons. The first-order chi connectivity index (χ1) is 17.7. The molecule has 37 heavy (non-hydrogen) atoms. The highest BCUT2D eigenvalue weighted by atomic mass is 32.2. The van der Waals surface area contributed by atoms with Crippen LogP contribution in [0.15, 0.2) is 54.1 Å². The van der Waals surface area contributed by atoms with E-state index in [2.05, 4.69) is 35.7 Å². The SMILES string of the molecule is CCC(=O)c1cnc(Nc2ccc(S(=O)(=O)CC)cn2)cc1Nc1nccc(-c2ncn(C)n2)c1OC. The van der Waals surface area contributed by atoms with Crippen LogP contribution in [0.2, 0.25) is 0 Å². The molecule has 0 fully saturated rings. The average Bonchev–Trinajstić information content (AvgIpc) is 3.34. The third-order valence-corrected chi connectivity index (χ3v) is 7.18. The van der Waals surface area contributed by atoms with Crippen molar-refractivity contribution in [1.29, 1.82) is 0 Å². The van der Waals surface area contributed by atoms with Crippen molar-refractivity contribution in [2.24, 2.45) is 7.05 Å². The number of aromatic nitrogens is 6. The van der Waals surface area contributed by atoms with Crippen LogP contribution in [0.5, 0.6) is 5.75 Å². The Morgan fingerprint density at radius 3 is 2.43 bits per heavy atom. The summed E-state index contributed by atoms with van der Waals surface area (Å²) in [5.41, 5.74) is 1.45. The van der Waals surface area contributed by atoms with Crippen LogP contribution in [0.25, 0.3) is 11.4 Å². The van der Waals surface area contributed by atoms with Gasteiger partial charge in [0.15, 0.2) is 33.0 Å². The lowest BCUT2D eigenvalue weighted by Crippen LogP contribution is -2.08. The fourth-order valence-electron chi connectivity index (χ4n) is 3.49. The molecule has 0 unspecified atom stereocenters. The minimum atomic E-state index is -3.36. The summed E-state index contributed by atoms with van der Waals surface area (Å²) in [4.78, 5) is 30.0. The molecule has 0 saturated heterocycles. The van der Waals surface area contributed by atoms with Crippen LogP contribution in [-0.4, -0.2) is 56.8 Å². The number of nitrogens with one attached hydrogen (secondary N) is 2. The Morgan fingerprint density at radius 1 is 1.03 bits per heavy atom. The number of pyridine rings is 3.